The fraction of sp³-hybridized carbons (Fsp3) is 0.647. The number of hydrogen-bond donors (Lipinski definition) is 1. The van der Waals surface area contributed by atoms with Crippen molar-refractivity contribution in [1.29, 1.82) is 0 Å². The van der Waals surface area contributed by atoms with Gasteiger partial charge in [0.2, 0.25) is 0 Å². The summed E-state index contributed by atoms with van der Waals surface area (Å²) in [4.78, 5) is 0. The Labute approximate surface area is 118 Å². The molecule has 2 nitrogen and oxygen atoms in total. The smallest absolute Gasteiger partial charge is 0.118 e. The van der Waals surface area contributed by atoms with Crippen LogP contribution in [-0.2, 0) is 0 Å². The number of nitrogens with one attached hydrogen (secondary N) is 1. The van der Waals surface area contributed by atoms with E-state index in [2.05, 4.69) is 38.2 Å². The van der Waals surface area contributed by atoms with Crippen molar-refractivity contribution < 1.29 is 4.74 Å². The SMILES string of the molecule is CCCCCCC(C)N[C@H](C)c1ccc(OC)cc1. The summed E-state index contributed by atoms with van der Waals surface area (Å²) >= 11 is 0. The van der Waals surface area contributed by atoms with Crippen molar-refractivity contribution in [3.05, 3.63) is 29.8 Å². The third-order valence-electron chi connectivity index (χ3n) is 3.64. The van der Waals surface area contributed by atoms with Gasteiger partial charge in [-0.1, -0.05) is 44.7 Å². The molecule has 19 heavy (non-hydrogen) atoms. The van der Waals surface area contributed by atoms with Crippen LogP contribution in [0.2, 0.25) is 0 Å². The molecule has 0 heterocycles. The van der Waals surface area contributed by atoms with Gasteiger partial charge in [0.15, 0.2) is 0 Å². The van der Waals surface area contributed by atoms with E-state index in [1.807, 2.05) is 12.1 Å². The highest BCUT2D eigenvalue weighted by Gasteiger charge is 2.09. The standard InChI is InChI=1S/C17H29NO/c1-5-6-7-8-9-14(2)18-15(3)16-10-12-17(19-4)13-11-16/h10-15,18H,5-9H2,1-4H3/t14?,15-/m1/s1. The average Bonchev–Trinajstić information content (AvgIpc) is 2.43. The van der Waals surface area contributed by atoms with Gasteiger partial charge in [0, 0.05) is 12.1 Å². The minimum atomic E-state index is 0.395. The lowest BCUT2D eigenvalue weighted by atomic mass is 10.0. The second-order valence-electron chi connectivity index (χ2n) is 5.41. The second-order valence-corrected chi connectivity index (χ2v) is 5.41. The summed E-state index contributed by atoms with van der Waals surface area (Å²) in [6.07, 6.45) is 6.63. The molecule has 108 valence electrons. The third-order valence-corrected chi connectivity index (χ3v) is 3.64. The van der Waals surface area contributed by atoms with Crippen LogP contribution in [0.1, 0.15) is 64.5 Å². The molecule has 0 radical (unpaired) electrons. The maximum absolute atomic E-state index is 5.19. The van der Waals surface area contributed by atoms with Gasteiger partial charge in [0.25, 0.3) is 0 Å². The van der Waals surface area contributed by atoms with Crippen LogP contribution in [-0.4, -0.2) is 13.2 Å². The molecule has 0 aliphatic carbocycles. The van der Waals surface area contributed by atoms with Crippen molar-refractivity contribution in [2.45, 2.75) is 65.0 Å². The van der Waals surface area contributed by atoms with Crippen molar-refractivity contribution in [2.24, 2.45) is 0 Å². The van der Waals surface area contributed by atoms with E-state index in [1.165, 1.54) is 37.7 Å². The van der Waals surface area contributed by atoms with Gasteiger partial charge in [-0.2, -0.15) is 0 Å². The number of methoxy groups -OCH3 is 1. The van der Waals surface area contributed by atoms with E-state index in [0.29, 0.717) is 12.1 Å². The highest BCUT2D eigenvalue weighted by Crippen LogP contribution is 2.18. The molecule has 1 aromatic rings. The summed E-state index contributed by atoms with van der Waals surface area (Å²) in [7, 11) is 1.70. The number of benzene rings is 1. The molecular formula is C17H29NO. The highest BCUT2D eigenvalue weighted by molar-refractivity contribution is 5.28. The monoisotopic (exact) mass is 263 g/mol. The topological polar surface area (TPSA) is 21.3 Å². The van der Waals surface area contributed by atoms with Crippen LogP contribution < -0.4 is 10.1 Å². The molecule has 2 heteroatoms. The van der Waals surface area contributed by atoms with E-state index < -0.39 is 0 Å². The van der Waals surface area contributed by atoms with Crippen LogP contribution >= 0.6 is 0 Å². The van der Waals surface area contributed by atoms with Gasteiger partial charge in [0.1, 0.15) is 5.75 Å². The fourth-order valence-corrected chi connectivity index (χ4v) is 2.38. The highest BCUT2D eigenvalue weighted by atomic mass is 16.5. The Morgan fingerprint density at radius 3 is 2.32 bits per heavy atom. The van der Waals surface area contributed by atoms with E-state index in [0.717, 1.165) is 5.75 Å². The summed E-state index contributed by atoms with van der Waals surface area (Å²) in [6.45, 7) is 6.77. The largest absolute Gasteiger partial charge is 0.497 e. The molecule has 0 bridgehead atoms. The number of hydrogen-bond acceptors (Lipinski definition) is 2. The second kappa shape index (κ2) is 8.98. The molecule has 0 aromatic heterocycles. The molecule has 0 aliphatic rings. The summed E-state index contributed by atoms with van der Waals surface area (Å²) in [5, 5.41) is 3.67. The molecule has 1 N–H and O–H groups in total. The van der Waals surface area contributed by atoms with Crippen molar-refractivity contribution >= 4 is 0 Å². The third kappa shape index (κ3) is 6.11. The summed E-state index contributed by atoms with van der Waals surface area (Å²) in [6, 6.07) is 9.31. The number of rotatable bonds is 9. The van der Waals surface area contributed by atoms with E-state index in [-0.39, 0.29) is 0 Å². The lowest BCUT2D eigenvalue weighted by Gasteiger charge is -2.20. The predicted molar refractivity (Wildman–Crippen MR) is 82.8 cm³/mol. The minimum Gasteiger partial charge on any atom is -0.497 e. The first-order chi connectivity index (χ1) is 9.17. The zero-order valence-corrected chi connectivity index (χ0v) is 12.9. The molecule has 0 aliphatic heterocycles. The lowest BCUT2D eigenvalue weighted by molar-refractivity contribution is 0.413. The van der Waals surface area contributed by atoms with E-state index in [1.54, 1.807) is 7.11 Å². The average molecular weight is 263 g/mol. The van der Waals surface area contributed by atoms with Crippen molar-refractivity contribution in [1.82, 2.24) is 5.32 Å². The summed E-state index contributed by atoms with van der Waals surface area (Å²) in [5.41, 5.74) is 1.32. The quantitative estimate of drug-likeness (QED) is 0.652. The predicted octanol–water partition coefficient (Wildman–Crippen LogP) is 4.70. The van der Waals surface area contributed by atoms with E-state index in [4.69, 9.17) is 4.74 Å². The zero-order chi connectivity index (χ0) is 14.1. The maximum Gasteiger partial charge on any atom is 0.118 e. The molecule has 2 atom stereocenters. The van der Waals surface area contributed by atoms with Crippen molar-refractivity contribution in [3.63, 3.8) is 0 Å². The molecule has 0 saturated heterocycles. The van der Waals surface area contributed by atoms with Crippen LogP contribution in [0, 0.1) is 0 Å². The van der Waals surface area contributed by atoms with E-state index >= 15 is 0 Å². The van der Waals surface area contributed by atoms with Crippen LogP contribution in [0.15, 0.2) is 24.3 Å². The fourth-order valence-electron chi connectivity index (χ4n) is 2.38. The first kappa shape index (κ1) is 16.0. The first-order valence-corrected chi connectivity index (χ1v) is 7.57. The lowest BCUT2D eigenvalue weighted by Crippen LogP contribution is -2.28. The Morgan fingerprint density at radius 2 is 1.74 bits per heavy atom. The Kier molecular flexibility index (Phi) is 7.57. The Hall–Kier alpha value is -1.02. The van der Waals surface area contributed by atoms with Crippen LogP contribution in [0.5, 0.6) is 5.75 Å². The summed E-state index contributed by atoms with van der Waals surface area (Å²) in [5.74, 6) is 0.920. The van der Waals surface area contributed by atoms with Gasteiger partial charge in [0.05, 0.1) is 7.11 Å². The van der Waals surface area contributed by atoms with Crippen LogP contribution in [0.4, 0.5) is 0 Å². The number of unbranched alkanes of at least 4 members (excludes halogenated alkanes) is 3. The minimum absolute atomic E-state index is 0.395. The van der Waals surface area contributed by atoms with Gasteiger partial charge in [-0.15, -0.1) is 0 Å². The Morgan fingerprint density at radius 1 is 1.05 bits per heavy atom. The molecule has 0 spiro atoms. The molecule has 0 saturated carbocycles. The molecule has 0 amide bonds. The zero-order valence-electron chi connectivity index (χ0n) is 12.9. The molecule has 1 aromatic carbocycles. The van der Waals surface area contributed by atoms with Crippen molar-refractivity contribution in [2.75, 3.05) is 7.11 Å². The molecular weight excluding hydrogens is 234 g/mol. The van der Waals surface area contributed by atoms with Crippen LogP contribution in [0.3, 0.4) is 0 Å². The normalized spacial score (nSPS) is 14.1. The first-order valence-electron chi connectivity index (χ1n) is 7.57. The summed E-state index contributed by atoms with van der Waals surface area (Å²) < 4.78 is 5.19. The van der Waals surface area contributed by atoms with Crippen molar-refractivity contribution in [3.8, 4) is 5.75 Å². The van der Waals surface area contributed by atoms with Gasteiger partial charge >= 0.3 is 0 Å². The van der Waals surface area contributed by atoms with Crippen LogP contribution in [0.25, 0.3) is 0 Å². The molecule has 1 rings (SSSR count). The number of ether oxygens (including phenoxy) is 1. The van der Waals surface area contributed by atoms with Gasteiger partial charge < -0.3 is 10.1 Å². The van der Waals surface area contributed by atoms with Gasteiger partial charge in [-0.05, 0) is 38.0 Å². The molecule has 0 fully saturated rings. The Balaban J connectivity index is 2.33. The van der Waals surface area contributed by atoms with E-state index in [9.17, 15) is 0 Å². The maximum atomic E-state index is 5.19. The van der Waals surface area contributed by atoms with Gasteiger partial charge in [-0.25, -0.2) is 0 Å². The molecule has 1 unspecified atom stereocenters. The Bertz CT molecular complexity index is 334. The van der Waals surface area contributed by atoms with Gasteiger partial charge in [-0.3, -0.25) is 0 Å².